The van der Waals surface area contributed by atoms with Crippen molar-refractivity contribution < 1.29 is 15.2 Å². The summed E-state index contributed by atoms with van der Waals surface area (Å²) in [6.45, 7) is 3.86. The van der Waals surface area contributed by atoms with Crippen molar-refractivity contribution in [3.63, 3.8) is 0 Å². The molecule has 0 aromatic carbocycles. The molecular formula is C8H14BNO3. The summed E-state index contributed by atoms with van der Waals surface area (Å²) in [7, 11) is -1.49. The first-order valence-electron chi connectivity index (χ1n) is 4.16. The maximum absolute atomic E-state index is 8.64. The van der Waals surface area contributed by atoms with Gasteiger partial charge in [0.2, 0.25) is 0 Å². The Morgan fingerprint density at radius 3 is 2.23 bits per heavy atom. The van der Waals surface area contributed by atoms with Crippen molar-refractivity contribution in [2.24, 2.45) is 0 Å². The van der Waals surface area contributed by atoms with Crippen LogP contribution in [-0.2, 0) is 6.61 Å². The Morgan fingerprint density at radius 2 is 1.92 bits per heavy atom. The topological polar surface area (TPSA) is 73.6 Å². The Balaban J connectivity index is 0.000000671. The van der Waals surface area contributed by atoms with E-state index in [1.165, 1.54) is 18.3 Å². The minimum atomic E-state index is -1.49. The second-order valence-corrected chi connectivity index (χ2v) is 2.11. The van der Waals surface area contributed by atoms with Gasteiger partial charge < -0.3 is 15.2 Å². The zero-order valence-electron chi connectivity index (χ0n) is 7.81. The van der Waals surface area contributed by atoms with E-state index < -0.39 is 7.12 Å². The molecule has 0 saturated carbocycles. The van der Waals surface area contributed by atoms with E-state index in [1.54, 1.807) is 0 Å². The maximum atomic E-state index is 8.64. The molecule has 4 nitrogen and oxygen atoms in total. The van der Waals surface area contributed by atoms with Crippen molar-refractivity contribution in [2.45, 2.75) is 20.5 Å². The highest BCUT2D eigenvalue weighted by Gasteiger charge is 2.09. The molecule has 0 amide bonds. The average Bonchev–Trinajstić information content (AvgIpc) is 2.21. The van der Waals surface area contributed by atoms with E-state index in [0.717, 1.165) is 0 Å². The van der Waals surface area contributed by atoms with Gasteiger partial charge >= 0.3 is 7.12 Å². The van der Waals surface area contributed by atoms with Crippen molar-refractivity contribution in [2.75, 3.05) is 0 Å². The number of nitrogens with zero attached hydrogens (tertiary/aromatic N) is 1. The van der Waals surface area contributed by atoms with Gasteiger partial charge in [0.05, 0.1) is 12.3 Å². The molecule has 1 aromatic rings. The van der Waals surface area contributed by atoms with Crippen LogP contribution in [0.4, 0.5) is 0 Å². The Bertz CT molecular complexity index is 225. The van der Waals surface area contributed by atoms with Crippen molar-refractivity contribution in [3.8, 4) is 0 Å². The molecule has 0 aliphatic heterocycles. The van der Waals surface area contributed by atoms with Gasteiger partial charge in [-0.2, -0.15) is 0 Å². The molecule has 0 spiro atoms. The van der Waals surface area contributed by atoms with Crippen LogP contribution >= 0.6 is 0 Å². The van der Waals surface area contributed by atoms with Gasteiger partial charge in [-0.25, -0.2) is 0 Å². The van der Waals surface area contributed by atoms with Gasteiger partial charge in [-0.15, -0.1) is 0 Å². The largest absolute Gasteiger partial charge is 0.490 e. The summed E-state index contributed by atoms with van der Waals surface area (Å²) in [5.74, 6) is 0. The third-order valence-corrected chi connectivity index (χ3v) is 1.31. The Labute approximate surface area is 78.0 Å². The molecule has 0 fully saturated rings. The fourth-order valence-corrected chi connectivity index (χ4v) is 0.682. The predicted molar refractivity (Wildman–Crippen MR) is 51.3 cm³/mol. The van der Waals surface area contributed by atoms with Gasteiger partial charge in [-0.1, -0.05) is 19.9 Å². The third kappa shape index (κ3) is 4.03. The minimum Gasteiger partial charge on any atom is -0.423 e. The van der Waals surface area contributed by atoms with Crippen molar-refractivity contribution in [1.82, 2.24) is 4.98 Å². The number of pyridine rings is 1. The molecule has 72 valence electrons. The summed E-state index contributed by atoms with van der Waals surface area (Å²) in [5, 5.41) is 25.9. The number of aromatic nitrogens is 1. The highest BCUT2D eigenvalue weighted by molar-refractivity contribution is 6.58. The van der Waals surface area contributed by atoms with Crippen LogP contribution in [0, 0.1) is 0 Å². The third-order valence-electron chi connectivity index (χ3n) is 1.31. The molecule has 1 heterocycles. The van der Waals surface area contributed by atoms with Crippen LogP contribution in [0.25, 0.3) is 0 Å². The van der Waals surface area contributed by atoms with Crippen LogP contribution in [0.5, 0.6) is 0 Å². The minimum absolute atomic E-state index is 0.137. The van der Waals surface area contributed by atoms with E-state index in [0.29, 0.717) is 11.2 Å². The van der Waals surface area contributed by atoms with Crippen LogP contribution in [0.2, 0.25) is 0 Å². The number of aliphatic hydroxyl groups excluding tert-OH is 1. The number of rotatable bonds is 2. The summed E-state index contributed by atoms with van der Waals surface area (Å²) in [6.07, 6.45) is 1.32. The molecular weight excluding hydrogens is 169 g/mol. The molecule has 0 atom stereocenters. The standard InChI is InChI=1S/C6H8BNO3.C2H6/c9-4-6-2-1-5(3-8-6)7(10)11;1-2/h1-3,9-11H,4H2;1-2H3. The second kappa shape index (κ2) is 6.59. The summed E-state index contributed by atoms with van der Waals surface area (Å²) < 4.78 is 0. The molecule has 5 heteroatoms. The van der Waals surface area contributed by atoms with Crippen LogP contribution in [0.15, 0.2) is 18.3 Å². The van der Waals surface area contributed by atoms with Crippen molar-refractivity contribution in [1.29, 1.82) is 0 Å². The zero-order valence-corrected chi connectivity index (χ0v) is 7.81. The smallest absolute Gasteiger partial charge is 0.423 e. The predicted octanol–water partition coefficient (Wildman–Crippen LogP) is -0.720. The Hall–Kier alpha value is -0.905. The van der Waals surface area contributed by atoms with Gasteiger partial charge in [0.15, 0.2) is 0 Å². The zero-order chi connectivity index (χ0) is 10.3. The van der Waals surface area contributed by atoms with Crippen LogP contribution in [-0.4, -0.2) is 27.3 Å². The van der Waals surface area contributed by atoms with E-state index >= 15 is 0 Å². The van der Waals surface area contributed by atoms with Gasteiger partial charge in [0.25, 0.3) is 0 Å². The Morgan fingerprint density at radius 1 is 1.31 bits per heavy atom. The van der Waals surface area contributed by atoms with Crippen LogP contribution < -0.4 is 5.46 Å². The second-order valence-electron chi connectivity index (χ2n) is 2.11. The summed E-state index contributed by atoms with van der Waals surface area (Å²) in [6, 6.07) is 3.04. The molecule has 0 radical (unpaired) electrons. The lowest BCUT2D eigenvalue weighted by atomic mass is 9.82. The number of hydrogen-bond acceptors (Lipinski definition) is 4. The van der Waals surface area contributed by atoms with Gasteiger partial charge in [0.1, 0.15) is 0 Å². The van der Waals surface area contributed by atoms with E-state index in [4.69, 9.17) is 15.2 Å². The SMILES string of the molecule is CC.OCc1ccc(B(O)O)cn1. The molecule has 0 aliphatic carbocycles. The van der Waals surface area contributed by atoms with Gasteiger partial charge in [-0.3, -0.25) is 4.98 Å². The molecule has 13 heavy (non-hydrogen) atoms. The molecule has 0 saturated heterocycles. The average molecular weight is 183 g/mol. The summed E-state index contributed by atoms with van der Waals surface area (Å²) in [5.41, 5.74) is 0.830. The van der Waals surface area contributed by atoms with Gasteiger partial charge in [0, 0.05) is 11.7 Å². The number of hydrogen-bond donors (Lipinski definition) is 3. The summed E-state index contributed by atoms with van der Waals surface area (Å²) in [4.78, 5) is 3.75. The fourth-order valence-electron chi connectivity index (χ4n) is 0.682. The molecule has 0 bridgehead atoms. The fraction of sp³-hybridized carbons (Fsp3) is 0.375. The maximum Gasteiger partial charge on any atom is 0.490 e. The van der Waals surface area contributed by atoms with Crippen LogP contribution in [0.1, 0.15) is 19.5 Å². The first-order valence-corrected chi connectivity index (χ1v) is 4.16. The van der Waals surface area contributed by atoms with Gasteiger partial charge in [-0.05, 0) is 6.07 Å². The van der Waals surface area contributed by atoms with Crippen molar-refractivity contribution >= 4 is 12.6 Å². The quantitative estimate of drug-likeness (QED) is 0.529. The molecule has 0 unspecified atom stereocenters. The summed E-state index contributed by atoms with van der Waals surface area (Å²) >= 11 is 0. The lowest BCUT2D eigenvalue weighted by molar-refractivity contribution is 0.277. The highest BCUT2D eigenvalue weighted by Crippen LogP contribution is 1.90. The lowest BCUT2D eigenvalue weighted by Gasteiger charge is -1.98. The van der Waals surface area contributed by atoms with Crippen molar-refractivity contribution in [3.05, 3.63) is 24.0 Å². The normalized spacial score (nSPS) is 8.69. The Kier molecular flexibility index (Phi) is 6.13. The molecule has 1 rings (SSSR count). The van der Waals surface area contributed by atoms with E-state index in [-0.39, 0.29) is 6.61 Å². The molecule has 1 aromatic heterocycles. The number of aliphatic hydroxyl groups is 1. The first kappa shape index (κ1) is 12.1. The van der Waals surface area contributed by atoms with Crippen LogP contribution in [0.3, 0.4) is 0 Å². The lowest BCUT2D eigenvalue weighted by Crippen LogP contribution is -2.30. The van der Waals surface area contributed by atoms with E-state index in [2.05, 4.69) is 4.98 Å². The highest BCUT2D eigenvalue weighted by atomic mass is 16.4. The van der Waals surface area contributed by atoms with E-state index in [9.17, 15) is 0 Å². The molecule has 3 N–H and O–H groups in total. The monoisotopic (exact) mass is 183 g/mol. The first-order chi connectivity index (χ1) is 6.24. The molecule has 0 aliphatic rings. The van der Waals surface area contributed by atoms with E-state index in [1.807, 2.05) is 13.8 Å².